The molecule has 1 aromatic rings. The van der Waals surface area contributed by atoms with Crippen LogP contribution in [0.1, 0.15) is 34.8 Å². The van der Waals surface area contributed by atoms with Gasteiger partial charge in [-0.05, 0) is 37.1 Å². The van der Waals surface area contributed by atoms with Crippen LogP contribution in [0.15, 0.2) is 22.7 Å². The molecule has 1 fully saturated rings. The lowest BCUT2D eigenvalue weighted by Gasteiger charge is -2.12. The van der Waals surface area contributed by atoms with Gasteiger partial charge in [-0.15, -0.1) is 0 Å². The average Bonchev–Trinajstić information content (AvgIpc) is 2.70. The molecule has 1 aliphatic heterocycles. The van der Waals surface area contributed by atoms with Crippen LogP contribution in [-0.2, 0) is 0 Å². The van der Waals surface area contributed by atoms with Crippen molar-refractivity contribution in [1.82, 2.24) is 5.32 Å². The molecule has 3 heteroatoms. The van der Waals surface area contributed by atoms with E-state index in [4.69, 9.17) is 0 Å². The Labute approximate surface area is 91.8 Å². The highest BCUT2D eigenvalue weighted by molar-refractivity contribution is 9.10. The Bertz CT molecular complexity index is 345. The molecule has 14 heavy (non-hydrogen) atoms. The Balaban J connectivity index is 2.35. The number of hydrogen-bond acceptors (Lipinski definition) is 2. The number of benzene rings is 1. The van der Waals surface area contributed by atoms with E-state index in [1.165, 1.54) is 6.42 Å². The van der Waals surface area contributed by atoms with E-state index in [-0.39, 0.29) is 0 Å². The maximum Gasteiger partial charge on any atom is 0.150 e. The van der Waals surface area contributed by atoms with E-state index in [1.807, 2.05) is 18.2 Å². The van der Waals surface area contributed by atoms with Gasteiger partial charge in [0.05, 0.1) is 0 Å². The molecule has 1 N–H and O–H groups in total. The number of halogens is 1. The Morgan fingerprint density at radius 1 is 1.50 bits per heavy atom. The van der Waals surface area contributed by atoms with Gasteiger partial charge in [0.15, 0.2) is 0 Å². The van der Waals surface area contributed by atoms with Gasteiger partial charge in [0.2, 0.25) is 0 Å². The highest BCUT2D eigenvalue weighted by Gasteiger charge is 2.18. The van der Waals surface area contributed by atoms with E-state index in [0.29, 0.717) is 6.04 Å². The third kappa shape index (κ3) is 1.88. The number of aldehydes is 1. The smallest absolute Gasteiger partial charge is 0.150 e. The standard InChI is InChI=1S/C11H12BrNO/c12-9-3-4-10(8(6-9)7-14)11-2-1-5-13-11/h3-4,6-7,11,13H,1-2,5H2. The summed E-state index contributed by atoms with van der Waals surface area (Å²) in [5.41, 5.74) is 1.92. The van der Waals surface area contributed by atoms with E-state index in [9.17, 15) is 4.79 Å². The largest absolute Gasteiger partial charge is 0.310 e. The lowest BCUT2D eigenvalue weighted by molar-refractivity contribution is 0.112. The minimum absolute atomic E-state index is 0.364. The molecule has 0 bridgehead atoms. The van der Waals surface area contributed by atoms with Crippen LogP contribution in [0.4, 0.5) is 0 Å². The minimum atomic E-state index is 0.364. The summed E-state index contributed by atoms with van der Waals surface area (Å²) in [6.45, 7) is 1.05. The van der Waals surface area contributed by atoms with Crippen molar-refractivity contribution >= 4 is 22.2 Å². The Morgan fingerprint density at radius 2 is 2.36 bits per heavy atom. The van der Waals surface area contributed by atoms with E-state index in [1.54, 1.807) is 0 Å². The molecule has 0 spiro atoms. The normalized spacial score (nSPS) is 21.1. The minimum Gasteiger partial charge on any atom is -0.310 e. The molecule has 0 saturated carbocycles. The van der Waals surface area contributed by atoms with Crippen molar-refractivity contribution in [2.45, 2.75) is 18.9 Å². The monoisotopic (exact) mass is 253 g/mol. The second-order valence-electron chi connectivity index (χ2n) is 3.54. The molecule has 1 aliphatic rings. The average molecular weight is 254 g/mol. The van der Waals surface area contributed by atoms with Gasteiger partial charge in [-0.2, -0.15) is 0 Å². The second kappa shape index (κ2) is 4.24. The zero-order valence-electron chi connectivity index (χ0n) is 7.79. The van der Waals surface area contributed by atoms with Crippen molar-refractivity contribution < 1.29 is 4.79 Å². The number of rotatable bonds is 2. The molecule has 1 aromatic carbocycles. The SMILES string of the molecule is O=Cc1cc(Br)ccc1C1CCCN1. The molecule has 2 rings (SSSR count). The van der Waals surface area contributed by atoms with Crippen LogP contribution in [0, 0.1) is 0 Å². The summed E-state index contributed by atoms with van der Waals surface area (Å²) >= 11 is 3.37. The van der Waals surface area contributed by atoms with Crippen molar-refractivity contribution in [2.24, 2.45) is 0 Å². The molecule has 74 valence electrons. The van der Waals surface area contributed by atoms with Gasteiger partial charge >= 0.3 is 0 Å². The first-order valence-corrected chi connectivity index (χ1v) is 5.58. The first-order chi connectivity index (χ1) is 6.81. The van der Waals surface area contributed by atoms with Gasteiger partial charge < -0.3 is 5.32 Å². The summed E-state index contributed by atoms with van der Waals surface area (Å²) < 4.78 is 0.960. The zero-order chi connectivity index (χ0) is 9.97. The lowest BCUT2D eigenvalue weighted by Crippen LogP contribution is -2.14. The summed E-state index contributed by atoms with van der Waals surface area (Å²) in [6, 6.07) is 6.25. The highest BCUT2D eigenvalue weighted by Crippen LogP contribution is 2.27. The third-order valence-electron chi connectivity index (χ3n) is 2.61. The van der Waals surface area contributed by atoms with Gasteiger partial charge in [0.1, 0.15) is 6.29 Å². The Morgan fingerprint density at radius 3 is 3.00 bits per heavy atom. The van der Waals surface area contributed by atoms with Crippen LogP contribution < -0.4 is 5.32 Å². The highest BCUT2D eigenvalue weighted by atomic mass is 79.9. The predicted octanol–water partition coefficient (Wildman–Crippen LogP) is 2.69. The van der Waals surface area contributed by atoms with Crippen molar-refractivity contribution in [3.8, 4) is 0 Å². The molecule has 1 unspecified atom stereocenters. The van der Waals surface area contributed by atoms with Gasteiger partial charge in [0, 0.05) is 16.1 Å². The predicted molar refractivity (Wildman–Crippen MR) is 59.5 cm³/mol. The Kier molecular flexibility index (Phi) is 2.99. The molecule has 1 saturated heterocycles. The van der Waals surface area contributed by atoms with Crippen LogP contribution in [0.3, 0.4) is 0 Å². The van der Waals surface area contributed by atoms with E-state index in [2.05, 4.69) is 21.2 Å². The quantitative estimate of drug-likeness (QED) is 0.822. The van der Waals surface area contributed by atoms with Gasteiger partial charge in [-0.3, -0.25) is 4.79 Å². The maximum absolute atomic E-state index is 10.9. The fourth-order valence-corrected chi connectivity index (χ4v) is 2.29. The Hall–Kier alpha value is -0.670. The zero-order valence-corrected chi connectivity index (χ0v) is 9.38. The molecule has 2 nitrogen and oxygen atoms in total. The number of carbonyl (C=O) groups excluding carboxylic acids is 1. The van der Waals surface area contributed by atoms with Crippen molar-refractivity contribution in [3.05, 3.63) is 33.8 Å². The van der Waals surface area contributed by atoms with Crippen molar-refractivity contribution in [2.75, 3.05) is 6.54 Å². The van der Waals surface area contributed by atoms with Crippen LogP contribution in [0.25, 0.3) is 0 Å². The van der Waals surface area contributed by atoms with Crippen molar-refractivity contribution in [1.29, 1.82) is 0 Å². The first kappa shape index (κ1) is 9.87. The molecule has 0 aromatic heterocycles. The van der Waals surface area contributed by atoms with Gasteiger partial charge in [-0.25, -0.2) is 0 Å². The van der Waals surface area contributed by atoms with E-state index in [0.717, 1.165) is 34.9 Å². The number of carbonyl (C=O) groups is 1. The summed E-state index contributed by atoms with van der Waals surface area (Å²) in [4.78, 5) is 10.9. The first-order valence-electron chi connectivity index (χ1n) is 4.79. The van der Waals surface area contributed by atoms with Crippen LogP contribution in [0.2, 0.25) is 0 Å². The maximum atomic E-state index is 10.9. The lowest BCUT2D eigenvalue weighted by atomic mass is 10.00. The van der Waals surface area contributed by atoms with Crippen LogP contribution >= 0.6 is 15.9 Å². The summed E-state index contributed by atoms with van der Waals surface area (Å²) in [5, 5.41) is 3.39. The number of hydrogen-bond donors (Lipinski definition) is 1. The summed E-state index contributed by atoms with van der Waals surface area (Å²) in [5.74, 6) is 0. The third-order valence-corrected chi connectivity index (χ3v) is 3.10. The topological polar surface area (TPSA) is 29.1 Å². The van der Waals surface area contributed by atoms with E-state index < -0.39 is 0 Å². The molecule has 1 heterocycles. The molecular weight excluding hydrogens is 242 g/mol. The number of nitrogens with one attached hydrogen (secondary N) is 1. The summed E-state index contributed by atoms with van der Waals surface area (Å²) in [7, 11) is 0. The van der Waals surface area contributed by atoms with Crippen molar-refractivity contribution in [3.63, 3.8) is 0 Å². The van der Waals surface area contributed by atoms with Crippen LogP contribution in [0.5, 0.6) is 0 Å². The molecular formula is C11H12BrNO. The molecule has 0 aliphatic carbocycles. The fraction of sp³-hybridized carbons (Fsp3) is 0.364. The van der Waals surface area contributed by atoms with E-state index >= 15 is 0 Å². The van der Waals surface area contributed by atoms with Crippen LogP contribution in [-0.4, -0.2) is 12.8 Å². The van der Waals surface area contributed by atoms with Gasteiger partial charge in [-0.1, -0.05) is 22.0 Å². The van der Waals surface area contributed by atoms with Gasteiger partial charge in [0.25, 0.3) is 0 Å². The molecule has 0 radical (unpaired) electrons. The second-order valence-corrected chi connectivity index (χ2v) is 4.46. The summed E-state index contributed by atoms with van der Waals surface area (Å²) in [6.07, 6.45) is 3.25. The molecule has 1 atom stereocenters. The fourth-order valence-electron chi connectivity index (χ4n) is 1.92. The molecule has 0 amide bonds.